The lowest BCUT2D eigenvalue weighted by Gasteiger charge is -2.07. The molecule has 3 nitrogen and oxygen atoms in total. The maximum atomic E-state index is 12.0. The molecule has 5 heteroatoms. The van der Waals surface area contributed by atoms with E-state index in [0.29, 0.717) is 13.0 Å². The van der Waals surface area contributed by atoms with E-state index in [9.17, 15) is 9.59 Å². The van der Waals surface area contributed by atoms with Crippen LogP contribution in [0, 0.1) is 0 Å². The van der Waals surface area contributed by atoms with Crippen LogP contribution in [-0.4, -0.2) is 23.2 Å². The van der Waals surface area contributed by atoms with Crippen molar-refractivity contribution in [2.75, 3.05) is 6.61 Å². The number of hydrogen-bond donors (Lipinski definition) is 0. The molecule has 0 bridgehead atoms. The fraction of sp³-hybridized carbons (Fsp3) is 0.625. The molecular weight excluding hydrogens is 352 g/mol. The Labute approximate surface area is 139 Å². The van der Waals surface area contributed by atoms with Crippen LogP contribution in [-0.2, 0) is 9.53 Å². The molecule has 1 aromatic rings. The van der Waals surface area contributed by atoms with Gasteiger partial charge in [0.05, 0.1) is 16.3 Å². The molecule has 0 aliphatic rings. The summed E-state index contributed by atoms with van der Waals surface area (Å²) >= 11 is 4.97. The van der Waals surface area contributed by atoms with Gasteiger partial charge in [-0.15, -0.1) is 11.3 Å². The minimum absolute atomic E-state index is 0.0734. The Hall–Kier alpha value is -0.680. The molecule has 0 amide bonds. The number of halogens is 1. The third kappa shape index (κ3) is 7.77. The summed E-state index contributed by atoms with van der Waals surface area (Å²) in [6.07, 6.45) is 6.57. The highest BCUT2D eigenvalue weighted by atomic mass is 79.9. The van der Waals surface area contributed by atoms with E-state index in [1.807, 2.05) is 24.4 Å². The molecule has 0 saturated heterocycles. The first-order valence-electron chi connectivity index (χ1n) is 7.52. The third-order valence-corrected chi connectivity index (χ3v) is 4.95. The summed E-state index contributed by atoms with van der Waals surface area (Å²) in [7, 11) is 0. The molecule has 0 N–H and O–H groups in total. The second-order valence-corrected chi connectivity index (χ2v) is 6.97. The summed E-state index contributed by atoms with van der Waals surface area (Å²) in [6, 6.07) is 3.78. The Balaban J connectivity index is 2.01. The van der Waals surface area contributed by atoms with Crippen LogP contribution in [0.25, 0.3) is 0 Å². The Morgan fingerprint density at radius 3 is 2.62 bits per heavy atom. The zero-order valence-corrected chi connectivity index (χ0v) is 14.9. The Morgan fingerprint density at radius 1 is 1.24 bits per heavy atom. The van der Waals surface area contributed by atoms with E-state index < -0.39 is 0 Å². The zero-order chi connectivity index (χ0) is 15.5. The van der Waals surface area contributed by atoms with Crippen LogP contribution >= 0.6 is 27.3 Å². The van der Waals surface area contributed by atoms with E-state index in [4.69, 9.17) is 4.74 Å². The number of hydrogen-bond acceptors (Lipinski definition) is 4. The van der Waals surface area contributed by atoms with Gasteiger partial charge in [-0.1, -0.05) is 47.7 Å². The number of thiophene rings is 1. The number of rotatable bonds is 11. The van der Waals surface area contributed by atoms with E-state index in [-0.39, 0.29) is 16.6 Å². The lowest BCUT2D eigenvalue weighted by Crippen LogP contribution is -2.12. The molecule has 1 heterocycles. The van der Waals surface area contributed by atoms with E-state index in [0.717, 1.165) is 43.4 Å². The maximum absolute atomic E-state index is 12.0. The van der Waals surface area contributed by atoms with E-state index in [2.05, 4.69) is 15.9 Å². The molecule has 1 aromatic heterocycles. The Kier molecular flexibility index (Phi) is 9.59. The van der Waals surface area contributed by atoms with Gasteiger partial charge in [-0.3, -0.25) is 9.59 Å². The molecule has 0 aliphatic heterocycles. The van der Waals surface area contributed by atoms with E-state index >= 15 is 0 Å². The molecule has 0 aromatic carbocycles. The van der Waals surface area contributed by atoms with Crippen molar-refractivity contribution in [3.05, 3.63) is 22.4 Å². The van der Waals surface area contributed by atoms with Crippen molar-refractivity contribution in [1.82, 2.24) is 0 Å². The van der Waals surface area contributed by atoms with Crippen molar-refractivity contribution in [1.29, 1.82) is 0 Å². The van der Waals surface area contributed by atoms with Gasteiger partial charge in [-0.25, -0.2) is 0 Å². The fourth-order valence-corrected chi connectivity index (χ4v) is 3.50. The average Bonchev–Trinajstić information content (AvgIpc) is 2.99. The number of alkyl halides is 1. The summed E-state index contributed by atoms with van der Waals surface area (Å²) in [5.74, 6) is 0.0897. The fourth-order valence-electron chi connectivity index (χ4n) is 2.06. The Morgan fingerprint density at radius 2 is 1.95 bits per heavy atom. The molecule has 1 rings (SSSR count). The molecule has 0 fully saturated rings. The first-order valence-corrected chi connectivity index (χ1v) is 9.32. The van der Waals surface area contributed by atoms with Gasteiger partial charge in [0.25, 0.3) is 0 Å². The third-order valence-electron chi connectivity index (χ3n) is 3.19. The Bertz CT molecular complexity index is 417. The zero-order valence-electron chi connectivity index (χ0n) is 12.5. The van der Waals surface area contributed by atoms with Crippen molar-refractivity contribution < 1.29 is 14.3 Å². The first-order chi connectivity index (χ1) is 10.1. The van der Waals surface area contributed by atoms with Crippen LogP contribution in [0.3, 0.4) is 0 Å². The molecule has 1 atom stereocenters. The van der Waals surface area contributed by atoms with E-state index in [1.165, 1.54) is 11.3 Å². The molecule has 0 saturated carbocycles. The molecule has 21 heavy (non-hydrogen) atoms. The van der Waals surface area contributed by atoms with Crippen LogP contribution < -0.4 is 0 Å². The van der Waals surface area contributed by atoms with Crippen LogP contribution in [0.5, 0.6) is 0 Å². The summed E-state index contributed by atoms with van der Waals surface area (Å²) in [5, 5.41) is 1.93. The standard InChI is InChI=1S/C16H23BrO3S/c1-2-20-15(18)11-7-5-3-4-6-9-13(17)16(19)14-10-8-12-21-14/h8,10,12-13H,2-7,9,11H2,1H3. The van der Waals surface area contributed by atoms with Gasteiger partial charge in [-0.05, 0) is 31.2 Å². The smallest absolute Gasteiger partial charge is 0.305 e. The summed E-state index contributed by atoms with van der Waals surface area (Å²) < 4.78 is 4.88. The lowest BCUT2D eigenvalue weighted by molar-refractivity contribution is -0.143. The number of unbranched alkanes of at least 4 members (excludes halogenated alkanes) is 4. The number of Topliss-reactive ketones (excluding diaryl/α,β-unsaturated/α-hetero) is 1. The topological polar surface area (TPSA) is 43.4 Å². The van der Waals surface area contributed by atoms with Crippen LogP contribution in [0.4, 0.5) is 0 Å². The number of carbonyl (C=O) groups is 2. The van der Waals surface area contributed by atoms with Crippen molar-refractivity contribution in [3.63, 3.8) is 0 Å². The summed E-state index contributed by atoms with van der Waals surface area (Å²) in [6.45, 7) is 2.29. The average molecular weight is 375 g/mol. The molecule has 0 aliphatic carbocycles. The molecule has 1 unspecified atom stereocenters. The van der Waals surface area contributed by atoms with Gasteiger partial charge in [-0.2, -0.15) is 0 Å². The number of ether oxygens (including phenoxy) is 1. The monoisotopic (exact) mass is 374 g/mol. The summed E-state index contributed by atoms with van der Waals surface area (Å²) in [5.41, 5.74) is 0. The maximum Gasteiger partial charge on any atom is 0.305 e. The second-order valence-electron chi connectivity index (χ2n) is 4.92. The lowest BCUT2D eigenvalue weighted by atomic mass is 10.1. The molecular formula is C16H23BrO3S. The van der Waals surface area contributed by atoms with Gasteiger partial charge in [0, 0.05) is 6.42 Å². The van der Waals surface area contributed by atoms with Gasteiger partial charge < -0.3 is 4.74 Å². The highest BCUT2D eigenvalue weighted by Gasteiger charge is 2.16. The van der Waals surface area contributed by atoms with Crippen LogP contribution in [0.15, 0.2) is 17.5 Å². The van der Waals surface area contributed by atoms with Crippen molar-refractivity contribution >= 4 is 39.0 Å². The number of ketones is 1. The predicted octanol–water partition coefficient (Wildman–Crippen LogP) is 4.99. The molecule has 0 radical (unpaired) electrons. The minimum atomic E-state index is -0.0976. The van der Waals surface area contributed by atoms with Gasteiger partial charge in [0.2, 0.25) is 0 Å². The second kappa shape index (κ2) is 11.0. The predicted molar refractivity (Wildman–Crippen MR) is 90.3 cm³/mol. The highest BCUT2D eigenvalue weighted by Crippen LogP contribution is 2.20. The minimum Gasteiger partial charge on any atom is -0.466 e. The first kappa shape index (κ1) is 18.4. The van der Waals surface area contributed by atoms with Gasteiger partial charge >= 0.3 is 5.97 Å². The molecule has 0 spiro atoms. The van der Waals surface area contributed by atoms with Crippen molar-refractivity contribution in [2.24, 2.45) is 0 Å². The van der Waals surface area contributed by atoms with Crippen molar-refractivity contribution in [3.8, 4) is 0 Å². The van der Waals surface area contributed by atoms with Crippen molar-refractivity contribution in [2.45, 2.75) is 56.7 Å². The highest BCUT2D eigenvalue weighted by molar-refractivity contribution is 9.10. The van der Waals surface area contributed by atoms with Gasteiger partial charge in [0.15, 0.2) is 5.78 Å². The normalized spacial score (nSPS) is 12.1. The van der Waals surface area contributed by atoms with Crippen LogP contribution in [0.2, 0.25) is 0 Å². The van der Waals surface area contributed by atoms with Gasteiger partial charge in [0.1, 0.15) is 0 Å². The SMILES string of the molecule is CCOC(=O)CCCCCCCC(Br)C(=O)c1cccs1. The quantitative estimate of drug-likeness (QED) is 0.237. The number of esters is 1. The summed E-state index contributed by atoms with van der Waals surface area (Å²) in [4.78, 5) is 23.9. The van der Waals surface area contributed by atoms with Crippen LogP contribution in [0.1, 0.15) is 61.5 Å². The number of carbonyl (C=O) groups excluding carboxylic acids is 2. The molecule has 118 valence electrons. The largest absolute Gasteiger partial charge is 0.466 e. The van der Waals surface area contributed by atoms with E-state index in [1.54, 1.807) is 0 Å².